The van der Waals surface area contributed by atoms with Crippen molar-refractivity contribution in [2.45, 2.75) is 45.1 Å². The van der Waals surface area contributed by atoms with Gasteiger partial charge in [0.25, 0.3) is 0 Å². The molecular formula is C14H22BrFN2. The lowest BCUT2D eigenvalue weighted by atomic mass is 9.89. The molecule has 0 aliphatic carbocycles. The van der Waals surface area contributed by atoms with E-state index in [0.717, 1.165) is 31.4 Å². The summed E-state index contributed by atoms with van der Waals surface area (Å²) in [6.07, 6.45) is 4.28. The van der Waals surface area contributed by atoms with Gasteiger partial charge in [0.1, 0.15) is 5.82 Å². The highest BCUT2D eigenvalue weighted by molar-refractivity contribution is 9.10. The molecule has 0 radical (unpaired) electrons. The van der Waals surface area contributed by atoms with Crippen LogP contribution in [0.5, 0.6) is 0 Å². The number of benzene rings is 1. The van der Waals surface area contributed by atoms with Crippen molar-refractivity contribution in [3.63, 3.8) is 0 Å². The molecular weight excluding hydrogens is 295 g/mol. The molecule has 18 heavy (non-hydrogen) atoms. The average Bonchev–Trinajstić information content (AvgIpc) is 2.39. The maximum absolute atomic E-state index is 13.2. The zero-order valence-corrected chi connectivity index (χ0v) is 12.7. The summed E-state index contributed by atoms with van der Waals surface area (Å²) in [7, 11) is 0. The summed E-state index contributed by atoms with van der Waals surface area (Å²) in [5.74, 6) is -0.246. The van der Waals surface area contributed by atoms with Crippen LogP contribution >= 0.6 is 15.9 Å². The second-order valence-corrected chi connectivity index (χ2v) is 5.55. The Morgan fingerprint density at radius 1 is 1.39 bits per heavy atom. The quantitative estimate of drug-likeness (QED) is 0.787. The maximum atomic E-state index is 13.2. The molecule has 0 aliphatic rings. The summed E-state index contributed by atoms with van der Waals surface area (Å²) >= 11 is 3.20. The molecule has 1 unspecified atom stereocenters. The molecule has 1 aromatic rings. The van der Waals surface area contributed by atoms with Crippen LogP contribution in [0.25, 0.3) is 0 Å². The number of nitrogens with one attached hydrogen (secondary N) is 1. The molecule has 0 aromatic heterocycles. The molecule has 1 aromatic carbocycles. The summed E-state index contributed by atoms with van der Waals surface area (Å²) in [5.41, 5.74) is 6.75. The monoisotopic (exact) mass is 316 g/mol. The highest BCUT2D eigenvalue weighted by Crippen LogP contribution is 2.26. The Balaban J connectivity index is 2.84. The van der Waals surface area contributed by atoms with Gasteiger partial charge in [-0.15, -0.1) is 0 Å². The van der Waals surface area contributed by atoms with Crippen LogP contribution in [0, 0.1) is 5.82 Å². The van der Waals surface area contributed by atoms with E-state index in [2.05, 4.69) is 35.1 Å². The van der Waals surface area contributed by atoms with Crippen molar-refractivity contribution in [3.05, 3.63) is 28.5 Å². The standard InChI is InChI=1S/C14H22BrFN2/c1-3-5-8-14(4-2,10-17)18-11-6-7-13(16)12(15)9-11/h6-7,9,18H,3-5,8,10,17H2,1-2H3. The molecule has 1 rings (SSSR count). The molecule has 0 bridgehead atoms. The first-order chi connectivity index (χ1) is 8.56. The number of anilines is 1. The molecule has 102 valence electrons. The van der Waals surface area contributed by atoms with Gasteiger partial charge in [0.15, 0.2) is 0 Å². The van der Waals surface area contributed by atoms with Gasteiger partial charge in [0.05, 0.1) is 4.47 Å². The van der Waals surface area contributed by atoms with E-state index in [4.69, 9.17) is 5.73 Å². The van der Waals surface area contributed by atoms with E-state index >= 15 is 0 Å². The van der Waals surface area contributed by atoms with Gasteiger partial charge >= 0.3 is 0 Å². The fourth-order valence-electron chi connectivity index (χ4n) is 2.02. The minimum Gasteiger partial charge on any atom is -0.378 e. The fraction of sp³-hybridized carbons (Fsp3) is 0.571. The van der Waals surface area contributed by atoms with E-state index in [-0.39, 0.29) is 11.4 Å². The average molecular weight is 317 g/mol. The van der Waals surface area contributed by atoms with Gasteiger partial charge in [-0.25, -0.2) is 4.39 Å². The van der Waals surface area contributed by atoms with Crippen LogP contribution in [0.1, 0.15) is 39.5 Å². The molecule has 0 aliphatic heterocycles. The lowest BCUT2D eigenvalue weighted by Crippen LogP contribution is -2.45. The SMILES string of the molecule is CCCCC(CC)(CN)Nc1ccc(F)c(Br)c1. The van der Waals surface area contributed by atoms with Crippen molar-refractivity contribution in [1.29, 1.82) is 0 Å². The van der Waals surface area contributed by atoms with E-state index in [1.54, 1.807) is 12.1 Å². The van der Waals surface area contributed by atoms with Gasteiger partial charge in [-0.05, 0) is 47.0 Å². The zero-order chi connectivity index (χ0) is 13.6. The Bertz CT molecular complexity index is 378. The van der Waals surface area contributed by atoms with Crippen molar-refractivity contribution in [2.24, 2.45) is 5.73 Å². The van der Waals surface area contributed by atoms with Crippen LogP contribution in [-0.2, 0) is 0 Å². The molecule has 3 N–H and O–H groups in total. The van der Waals surface area contributed by atoms with Gasteiger partial charge < -0.3 is 11.1 Å². The van der Waals surface area contributed by atoms with E-state index in [1.807, 2.05) is 0 Å². The number of hydrogen-bond acceptors (Lipinski definition) is 2. The first-order valence-corrected chi connectivity index (χ1v) is 7.29. The van der Waals surface area contributed by atoms with Crippen molar-refractivity contribution >= 4 is 21.6 Å². The maximum Gasteiger partial charge on any atom is 0.137 e. The second kappa shape index (κ2) is 7.10. The number of nitrogens with two attached hydrogens (primary N) is 1. The minimum absolute atomic E-state index is 0.0900. The summed E-state index contributed by atoms with van der Waals surface area (Å²) in [6.45, 7) is 4.89. The third-order valence-corrected chi connectivity index (χ3v) is 4.01. The molecule has 0 amide bonds. The number of rotatable bonds is 7. The molecule has 0 saturated carbocycles. The molecule has 1 atom stereocenters. The Hall–Kier alpha value is -0.610. The predicted octanol–water partition coefficient (Wildman–Crippen LogP) is 4.30. The first kappa shape index (κ1) is 15.4. The van der Waals surface area contributed by atoms with Crippen LogP contribution in [0.3, 0.4) is 0 Å². The van der Waals surface area contributed by atoms with E-state index < -0.39 is 0 Å². The molecule has 0 fully saturated rings. The van der Waals surface area contributed by atoms with Crippen molar-refractivity contribution < 1.29 is 4.39 Å². The largest absolute Gasteiger partial charge is 0.378 e. The number of hydrogen-bond donors (Lipinski definition) is 2. The summed E-state index contributed by atoms with van der Waals surface area (Å²) < 4.78 is 13.7. The Morgan fingerprint density at radius 2 is 2.11 bits per heavy atom. The fourth-order valence-corrected chi connectivity index (χ4v) is 2.40. The highest BCUT2D eigenvalue weighted by atomic mass is 79.9. The Morgan fingerprint density at radius 3 is 2.61 bits per heavy atom. The summed E-state index contributed by atoms with van der Waals surface area (Å²) in [4.78, 5) is 0. The van der Waals surface area contributed by atoms with Gasteiger partial charge in [0.2, 0.25) is 0 Å². The minimum atomic E-state index is -0.246. The Labute approximate surface area is 117 Å². The molecule has 0 heterocycles. The molecule has 0 spiro atoms. The van der Waals surface area contributed by atoms with Crippen molar-refractivity contribution in [3.8, 4) is 0 Å². The smallest absolute Gasteiger partial charge is 0.137 e. The predicted molar refractivity (Wildman–Crippen MR) is 79.3 cm³/mol. The number of unbranched alkanes of at least 4 members (excludes halogenated alkanes) is 1. The van der Waals surface area contributed by atoms with Gasteiger partial charge in [-0.3, -0.25) is 0 Å². The second-order valence-electron chi connectivity index (χ2n) is 4.70. The van der Waals surface area contributed by atoms with Crippen LogP contribution in [-0.4, -0.2) is 12.1 Å². The van der Waals surface area contributed by atoms with Gasteiger partial charge in [0, 0.05) is 17.8 Å². The van der Waals surface area contributed by atoms with Gasteiger partial charge in [-0.2, -0.15) is 0 Å². The molecule has 0 saturated heterocycles. The first-order valence-electron chi connectivity index (χ1n) is 6.50. The van der Waals surface area contributed by atoms with E-state index in [0.29, 0.717) is 11.0 Å². The van der Waals surface area contributed by atoms with Crippen LogP contribution in [0.4, 0.5) is 10.1 Å². The third kappa shape index (κ3) is 3.95. The van der Waals surface area contributed by atoms with Crippen LogP contribution < -0.4 is 11.1 Å². The molecule has 2 nitrogen and oxygen atoms in total. The number of halogens is 2. The summed E-state index contributed by atoms with van der Waals surface area (Å²) in [6, 6.07) is 4.98. The van der Waals surface area contributed by atoms with Crippen molar-refractivity contribution in [1.82, 2.24) is 0 Å². The van der Waals surface area contributed by atoms with E-state index in [9.17, 15) is 4.39 Å². The summed E-state index contributed by atoms with van der Waals surface area (Å²) in [5, 5.41) is 3.47. The van der Waals surface area contributed by atoms with Gasteiger partial charge in [-0.1, -0.05) is 26.7 Å². The highest BCUT2D eigenvalue weighted by Gasteiger charge is 2.25. The zero-order valence-electron chi connectivity index (χ0n) is 11.1. The molecule has 4 heteroatoms. The lowest BCUT2D eigenvalue weighted by Gasteiger charge is -2.34. The normalized spacial score (nSPS) is 14.3. The third-order valence-electron chi connectivity index (χ3n) is 3.41. The van der Waals surface area contributed by atoms with Crippen molar-refractivity contribution in [2.75, 3.05) is 11.9 Å². The van der Waals surface area contributed by atoms with E-state index in [1.165, 1.54) is 6.07 Å². The van der Waals surface area contributed by atoms with Crippen LogP contribution in [0.15, 0.2) is 22.7 Å². The topological polar surface area (TPSA) is 38.0 Å². The lowest BCUT2D eigenvalue weighted by molar-refractivity contribution is 0.411. The van der Waals surface area contributed by atoms with Crippen LogP contribution in [0.2, 0.25) is 0 Å². The Kier molecular flexibility index (Phi) is 6.09.